The summed E-state index contributed by atoms with van der Waals surface area (Å²) in [6.45, 7) is 3.80. The molecule has 0 radical (unpaired) electrons. The molecule has 0 spiro atoms. The van der Waals surface area contributed by atoms with Crippen LogP contribution >= 0.6 is 0 Å². The molecule has 180 valence electrons. The van der Waals surface area contributed by atoms with E-state index in [9.17, 15) is 27.8 Å². The number of halogens is 1. The van der Waals surface area contributed by atoms with Crippen LogP contribution in [0.4, 0.5) is 10.3 Å². The van der Waals surface area contributed by atoms with Gasteiger partial charge in [0.15, 0.2) is 0 Å². The van der Waals surface area contributed by atoms with E-state index >= 15 is 0 Å². The Labute approximate surface area is 192 Å². The molecule has 0 fully saturated rings. The second-order valence-electron chi connectivity index (χ2n) is 8.72. The highest BCUT2D eigenvalue weighted by Crippen LogP contribution is 2.44. The number of carboxylic acid groups (broad SMARTS) is 1. The molecule has 0 amide bonds. The van der Waals surface area contributed by atoms with E-state index in [0.29, 0.717) is 28.1 Å². The van der Waals surface area contributed by atoms with E-state index in [0.717, 1.165) is 10.6 Å². The molecule has 1 aromatic carbocycles. The fourth-order valence-electron chi connectivity index (χ4n) is 4.14. The lowest BCUT2D eigenvalue weighted by Gasteiger charge is -2.33. The second-order valence-corrected chi connectivity index (χ2v) is 10.7. The van der Waals surface area contributed by atoms with Gasteiger partial charge < -0.3 is 15.3 Å². The number of rotatable bonds is 8. The van der Waals surface area contributed by atoms with E-state index in [1.807, 2.05) is 13.8 Å². The van der Waals surface area contributed by atoms with Crippen molar-refractivity contribution in [1.29, 1.82) is 0 Å². The predicted molar refractivity (Wildman–Crippen MR) is 120 cm³/mol. The first kappa shape index (κ1) is 25.0. The van der Waals surface area contributed by atoms with Crippen LogP contribution in [0, 0.1) is 5.82 Å². The summed E-state index contributed by atoms with van der Waals surface area (Å²) in [4.78, 5) is 19.9. The van der Waals surface area contributed by atoms with E-state index in [-0.39, 0.29) is 24.7 Å². The summed E-state index contributed by atoms with van der Waals surface area (Å²) in [5, 5.41) is 29.8. The molecular weight excluding hydrogens is 453 g/mol. The van der Waals surface area contributed by atoms with E-state index in [1.165, 1.54) is 25.2 Å². The summed E-state index contributed by atoms with van der Waals surface area (Å²) in [6, 6.07) is 4.07. The largest absolute Gasteiger partial charge is 0.481 e. The zero-order valence-corrected chi connectivity index (χ0v) is 19.7. The van der Waals surface area contributed by atoms with Crippen LogP contribution in [0.25, 0.3) is 11.3 Å². The van der Waals surface area contributed by atoms with Crippen LogP contribution in [-0.2, 0) is 21.2 Å². The number of carbonyl (C=O) groups is 1. The summed E-state index contributed by atoms with van der Waals surface area (Å²) in [5.41, 5.74) is 2.75. The Morgan fingerprint density at radius 2 is 1.94 bits per heavy atom. The van der Waals surface area contributed by atoms with Gasteiger partial charge in [0.2, 0.25) is 16.0 Å². The van der Waals surface area contributed by atoms with Crippen LogP contribution in [-0.4, -0.2) is 65.2 Å². The third kappa shape index (κ3) is 5.31. The fourth-order valence-corrected chi connectivity index (χ4v) is 4.52. The maximum absolute atomic E-state index is 14.2. The van der Waals surface area contributed by atoms with Crippen LogP contribution in [0.15, 0.2) is 18.2 Å². The van der Waals surface area contributed by atoms with Crippen molar-refractivity contribution < 1.29 is 32.9 Å². The molecule has 0 saturated carbocycles. The third-order valence-corrected chi connectivity index (χ3v) is 6.99. The van der Waals surface area contributed by atoms with Crippen molar-refractivity contribution in [3.8, 4) is 11.3 Å². The molecule has 3 atom stereocenters. The Balaban J connectivity index is 2.15. The zero-order valence-electron chi connectivity index (χ0n) is 18.9. The smallest absolute Gasteiger partial charge is 0.305 e. The minimum absolute atomic E-state index is 0.00824. The molecule has 0 aliphatic heterocycles. The van der Waals surface area contributed by atoms with Crippen molar-refractivity contribution >= 4 is 21.9 Å². The molecule has 2 aromatic rings. The van der Waals surface area contributed by atoms with Gasteiger partial charge in [0, 0.05) is 30.5 Å². The van der Waals surface area contributed by atoms with Gasteiger partial charge in [0.25, 0.3) is 0 Å². The van der Waals surface area contributed by atoms with Gasteiger partial charge in [-0.15, -0.1) is 0 Å². The van der Waals surface area contributed by atoms with Crippen molar-refractivity contribution in [2.75, 3.05) is 17.6 Å². The SMILES string of the molecule is CC(C)c1nc(N(C)S(C)(=O)=O)nc2c1C[C@@H]([C@@H](O)C[C@@H](O)CC(=O)O)c1cc(F)ccc1-2. The van der Waals surface area contributed by atoms with Crippen LogP contribution in [0.1, 0.15) is 55.3 Å². The molecule has 0 unspecified atom stereocenters. The molecular formula is C22H28FN3O6S. The number of anilines is 1. The molecule has 1 aromatic heterocycles. The minimum Gasteiger partial charge on any atom is -0.481 e. The lowest BCUT2D eigenvalue weighted by atomic mass is 9.75. The lowest BCUT2D eigenvalue weighted by molar-refractivity contribution is -0.139. The second kappa shape index (κ2) is 9.32. The molecule has 1 heterocycles. The number of sulfonamides is 1. The molecule has 1 aliphatic carbocycles. The first-order valence-corrected chi connectivity index (χ1v) is 12.4. The Morgan fingerprint density at radius 1 is 1.27 bits per heavy atom. The van der Waals surface area contributed by atoms with Gasteiger partial charge in [-0.05, 0) is 36.1 Å². The highest BCUT2D eigenvalue weighted by molar-refractivity contribution is 7.92. The molecule has 11 heteroatoms. The summed E-state index contributed by atoms with van der Waals surface area (Å²) in [7, 11) is -2.27. The normalized spacial score (nSPS) is 17.3. The maximum Gasteiger partial charge on any atom is 0.305 e. The van der Waals surface area contributed by atoms with E-state index in [1.54, 1.807) is 0 Å². The summed E-state index contributed by atoms with van der Waals surface area (Å²) in [5.74, 6) is -2.46. The van der Waals surface area contributed by atoms with Gasteiger partial charge in [-0.25, -0.2) is 27.1 Å². The topological polar surface area (TPSA) is 141 Å². The van der Waals surface area contributed by atoms with Crippen LogP contribution in [0.5, 0.6) is 0 Å². The van der Waals surface area contributed by atoms with Crippen molar-refractivity contribution in [2.24, 2.45) is 0 Å². The van der Waals surface area contributed by atoms with Crippen LogP contribution in [0.2, 0.25) is 0 Å². The summed E-state index contributed by atoms with van der Waals surface area (Å²) < 4.78 is 39.3. The highest BCUT2D eigenvalue weighted by Gasteiger charge is 2.35. The monoisotopic (exact) mass is 481 g/mol. The van der Waals surface area contributed by atoms with Crippen molar-refractivity contribution in [3.05, 3.63) is 40.8 Å². The summed E-state index contributed by atoms with van der Waals surface area (Å²) in [6.07, 6.45) is -1.85. The summed E-state index contributed by atoms with van der Waals surface area (Å²) >= 11 is 0. The van der Waals surface area contributed by atoms with Crippen molar-refractivity contribution in [2.45, 2.75) is 57.2 Å². The quantitative estimate of drug-likeness (QED) is 0.520. The lowest BCUT2D eigenvalue weighted by Crippen LogP contribution is -2.31. The number of benzene rings is 1. The highest BCUT2D eigenvalue weighted by atomic mass is 32.2. The van der Waals surface area contributed by atoms with Gasteiger partial charge in [-0.1, -0.05) is 13.8 Å². The van der Waals surface area contributed by atoms with Gasteiger partial charge in [-0.2, -0.15) is 0 Å². The third-order valence-electron chi connectivity index (χ3n) is 5.83. The Morgan fingerprint density at radius 3 is 2.52 bits per heavy atom. The zero-order chi connectivity index (χ0) is 24.7. The van der Waals surface area contributed by atoms with Crippen LogP contribution < -0.4 is 4.31 Å². The average Bonchev–Trinajstić information content (AvgIpc) is 2.69. The van der Waals surface area contributed by atoms with E-state index in [2.05, 4.69) is 9.97 Å². The number of hydrogen-bond acceptors (Lipinski definition) is 7. The molecule has 0 saturated heterocycles. The standard InChI is InChI=1S/C22H28FN3O6S/c1-11(2)20-17-10-16(18(28)8-13(27)9-19(29)30)15-7-12(23)5-6-14(15)21(17)25-22(24-20)26(3)33(4,31)32/h5-7,11,13,16,18,27-28H,8-10H2,1-4H3,(H,29,30)/t13-,16-,18+/m1/s1. The number of fused-ring (bicyclic) bond motifs is 3. The first-order valence-electron chi connectivity index (χ1n) is 10.5. The molecule has 0 bridgehead atoms. The van der Waals surface area contributed by atoms with Crippen molar-refractivity contribution in [1.82, 2.24) is 9.97 Å². The van der Waals surface area contributed by atoms with E-state index < -0.39 is 46.4 Å². The Hall–Kier alpha value is -2.63. The number of nitrogens with zero attached hydrogens (tertiary/aromatic N) is 3. The van der Waals surface area contributed by atoms with Crippen molar-refractivity contribution in [3.63, 3.8) is 0 Å². The Kier molecular flexibility index (Phi) is 7.06. The molecule has 9 nitrogen and oxygen atoms in total. The average molecular weight is 482 g/mol. The number of aliphatic hydroxyl groups is 2. The number of aromatic nitrogens is 2. The van der Waals surface area contributed by atoms with E-state index in [4.69, 9.17) is 5.11 Å². The van der Waals surface area contributed by atoms with Gasteiger partial charge in [0.05, 0.1) is 36.3 Å². The number of hydrogen-bond donors (Lipinski definition) is 3. The van der Waals surface area contributed by atoms with Gasteiger partial charge in [-0.3, -0.25) is 4.79 Å². The molecule has 1 aliphatic rings. The predicted octanol–water partition coefficient (Wildman–Crippen LogP) is 2.03. The van der Waals surface area contributed by atoms with Crippen LogP contribution in [0.3, 0.4) is 0 Å². The molecule has 3 N–H and O–H groups in total. The minimum atomic E-state index is -3.62. The maximum atomic E-state index is 14.2. The number of carboxylic acids is 1. The number of aliphatic carboxylic acids is 1. The first-order chi connectivity index (χ1) is 15.3. The molecule has 3 rings (SSSR count). The fraction of sp³-hybridized carbons (Fsp3) is 0.500. The Bertz CT molecular complexity index is 1170. The molecule has 33 heavy (non-hydrogen) atoms. The van der Waals surface area contributed by atoms with Gasteiger partial charge >= 0.3 is 5.97 Å². The number of aliphatic hydroxyl groups excluding tert-OH is 2. The van der Waals surface area contributed by atoms with Gasteiger partial charge in [0.1, 0.15) is 5.82 Å².